The molecule has 0 fully saturated rings. The molecule has 0 saturated heterocycles. The second kappa shape index (κ2) is 4.96. The first-order valence-electron chi connectivity index (χ1n) is 6.45. The lowest BCUT2D eigenvalue weighted by Gasteiger charge is -2.09. The molecule has 1 aliphatic heterocycles. The van der Waals surface area contributed by atoms with Gasteiger partial charge in [0.1, 0.15) is 5.65 Å². The van der Waals surface area contributed by atoms with E-state index in [1.165, 1.54) is 11.8 Å². The molecule has 6 nitrogen and oxygen atoms in total. The molecule has 1 aromatic carbocycles. The fraction of sp³-hybridized carbons (Fsp3) is 0.143. The Kier molecular flexibility index (Phi) is 3.05. The minimum atomic E-state index is 0.191. The number of aromatic amines is 1. The first-order valence-corrected chi connectivity index (χ1v) is 8.05. The van der Waals surface area contributed by atoms with Crippen molar-refractivity contribution in [3.8, 4) is 22.8 Å². The average Bonchev–Trinajstić information content (AvgIpc) is 3.12. The molecule has 4 rings (SSSR count). The van der Waals surface area contributed by atoms with Crippen molar-refractivity contribution in [1.82, 2.24) is 15.0 Å². The van der Waals surface area contributed by atoms with Crippen LogP contribution in [0.3, 0.4) is 0 Å². The number of nitrogens with two attached hydrogens (primary N) is 1. The van der Waals surface area contributed by atoms with Crippen LogP contribution in [0.5, 0.6) is 11.5 Å². The van der Waals surface area contributed by atoms with Gasteiger partial charge in [0.05, 0.1) is 21.8 Å². The largest absolute Gasteiger partial charge is 0.454 e. The number of hydrogen-bond acceptors (Lipinski definition) is 6. The molecule has 0 radical (unpaired) electrons. The molecular formula is C14H11ClN4O2S. The molecule has 0 bridgehead atoms. The zero-order valence-corrected chi connectivity index (χ0v) is 13.1. The Labute approximate surface area is 135 Å². The highest BCUT2D eigenvalue weighted by Gasteiger charge is 2.21. The van der Waals surface area contributed by atoms with Gasteiger partial charge in [-0.1, -0.05) is 23.4 Å². The molecule has 0 atom stereocenters. The number of nitrogens with zero attached hydrogens (tertiary/aromatic N) is 2. The van der Waals surface area contributed by atoms with Crippen molar-refractivity contribution in [2.75, 3.05) is 18.8 Å². The van der Waals surface area contributed by atoms with E-state index in [9.17, 15) is 0 Å². The summed E-state index contributed by atoms with van der Waals surface area (Å²) in [4.78, 5) is 12.1. The van der Waals surface area contributed by atoms with Crippen LogP contribution < -0.4 is 15.2 Å². The predicted octanol–water partition coefficient (Wildman–Crippen LogP) is 3.31. The lowest BCUT2D eigenvalue weighted by atomic mass is 10.1. The monoisotopic (exact) mass is 334 g/mol. The van der Waals surface area contributed by atoms with Crippen molar-refractivity contribution in [3.63, 3.8) is 0 Å². The van der Waals surface area contributed by atoms with Gasteiger partial charge in [-0.25, -0.2) is 9.97 Å². The van der Waals surface area contributed by atoms with E-state index in [0.717, 1.165) is 10.9 Å². The van der Waals surface area contributed by atoms with Crippen LogP contribution >= 0.6 is 23.4 Å². The summed E-state index contributed by atoms with van der Waals surface area (Å²) in [6.45, 7) is 0.191. The maximum absolute atomic E-state index is 6.40. The SMILES string of the molecule is CSc1nc(-c2cc3c(cc2Cl)OCO3)c2c(N)c[nH]c2n1. The summed E-state index contributed by atoms with van der Waals surface area (Å²) in [5, 5.41) is 1.91. The number of aromatic nitrogens is 3. The lowest BCUT2D eigenvalue weighted by molar-refractivity contribution is 0.174. The van der Waals surface area contributed by atoms with Gasteiger partial charge in [-0.2, -0.15) is 0 Å². The number of anilines is 1. The highest BCUT2D eigenvalue weighted by Crippen LogP contribution is 2.43. The first kappa shape index (κ1) is 13.5. The van der Waals surface area contributed by atoms with Crippen LogP contribution in [0.4, 0.5) is 5.69 Å². The molecule has 112 valence electrons. The molecule has 3 heterocycles. The molecule has 1 aliphatic rings. The molecule has 8 heteroatoms. The van der Waals surface area contributed by atoms with E-state index >= 15 is 0 Å². The average molecular weight is 335 g/mol. The van der Waals surface area contributed by atoms with Crippen molar-refractivity contribution in [1.29, 1.82) is 0 Å². The van der Waals surface area contributed by atoms with Crippen LogP contribution in [-0.2, 0) is 0 Å². The summed E-state index contributed by atoms with van der Waals surface area (Å²) in [6.07, 6.45) is 3.62. The van der Waals surface area contributed by atoms with E-state index in [4.69, 9.17) is 26.8 Å². The third-order valence-corrected chi connectivity index (χ3v) is 4.30. The van der Waals surface area contributed by atoms with Crippen LogP contribution in [0.25, 0.3) is 22.3 Å². The van der Waals surface area contributed by atoms with Crippen LogP contribution in [0.15, 0.2) is 23.5 Å². The molecule has 22 heavy (non-hydrogen) atoms. The summed E-state index contributed by atoms with van der Waals surface area (Å²) in [7, 11) is 0. The van der Waals surface area contributed by atoms with Crippen molar-refractivity contribution in [3.05, 3.63) is 23.4 Å². The molecule has 2 aromatic heterocycles. The quantitative estimate of drug-likeness (QED) is 0.552. The van der Waals surface area contributed by atoms with E-state index < -0.39 is 0 Å². The smallest absolute Gasteiger partial charge is 0.231 e. The van der Waals surface area contributed by atoms with Gasteiger partial charge < -0.3 is 20.2 Å². The number of benzene rings is 1. The maximum atomic E-state index is 6.40. The van der Waals surface area contributed by atoms with E-state index in [1.807, 2.05) is 12.3 Å². The van der Waals surface area contributed by atoms with Crippen molar-refractivity contribution in [2.24, 2.45) is 0 Å². The fourth-order valence-electron chi connectivity index (χ4n) is 2.42. The Morgan fingerprint density at radius 1 is 1.27 bits per heavy atom. The van der Waals surface area contributed by atoms with E-state index in [0.29, 0.717) is 38.7 Å². The molecule has 0 saturated carbocycles. The molecule has 3 N–H and O–H groups in total. The van der Waals surface area contributed by atoms with Gasteiger partial charge in [0, 0.05) is 17.8 Å². The Morgan fingerprint density at radius 3 is 2.82 bits per heavy atom. The molecular weight excluding hydrogens is 324 g/mol. The molecule has 0 amide bonds. The molecule has 0 unspecified atom stereocenters. The number of rotatable bonds is 2. The first-order chi connectivity index (χ1) is 10.7. The lowest BCUT2D eigenvalue weighted by Crippen LogP contribution is -1.95. The molecule has 3 aromatic rings. The highest BCUT2D eigenvalue weighted by molar-refractivity contribution is 7.98. The third kappa shape index (κ3) is 1.97. The number of nitrogens with one attached hydrogen (secondary N) is 1. The number of ether oxygens (including phenoxy) is 2. The van der Waals surface area contributed by atoms with E-state index in [2.05, 4.69) is 15.0 Å². The minimum Gasteiger partial charge on any atom is -0.454 e. The molecule has 0 spiro atoms. The van der Waals surface area contributed by atoms with Gasteiger partial charge >= 0.3 is 0 Å². The van der Waals surface area contributed by atoms with E-state index in [1.54, 1.807) is 12.3 Å². The fourth-order valence-corrected chi connectivity index (χ4v) is 3.03. The van der Waals surface area contributed by atoms with Gasteiger partial charge in [0.25, 0.3) is 0 Å². The summed E-state index contributed by atoms with van der Waals surface area (Å²) in [5.74, 6) is 1.28. The van der Waals surface area contributed by atoms with Gasteiger partial charge in [-0.05, 0) is 12.3 Å². The summed E-state index contributed by atoms with van der Waals surface area (Å²) in [5.41, 5.74) is 8.72. The van der Waals surface area contributed by atoms with Gasteiger partial charge in [-0.3, -0.25) is 0 Å². The van der Waals surface area contributed by atoms with E-state index in [-0.39, 0.29) is 6.79 Å². The Hall–Kier alpha value is -2.12. The van der Waals surface area contributed by atoms with Gasteiger partial charge in [-0.15, -0.1) is 0 Å². The van der Waals surface area contributed by atoms with Crippen molar-refractivity contribution >= 4 is 40.1 Å². The predicted molar refractivity (Wildman–Crippen MR) is 86.7 cm³/mol. The number of fused-ring (bicyclic) bond motifs is 2. The Bertz CT molecular complexity index is 896. The topological polar surface area (TPSA) is 86.0 Å². The minimum absolute atomic E-state index is 0.191. The van der Waals surface area contributed by atoms with Crippen molar-refractivity contribution in [2.45, 2.75) is 5.16 Å². The maximum Gasteiger partial charge on any atom is 0.231 e. The zero-order valence-electron chi connectivity index (χ0n) is 11.5. The number of hydrogen-bond donors (Lipinski definition) is 2. The summed E-state index contributed by atoms with van der Waals surface area (Å²) < 4.78 is 10.8. The van der Waals surface area contributed by atoms with Crippen LogP contribution in [0.1, 0.15) is 0 Å². The molecule has 0 aliphatic carbocycles. The van der Waals surface area contributed by atoms with Crippen LogP contribution in [0.2, 0.25) is 5.02 Å². The third-order valence-electron chi connectivity index (χ3n) is 3.44. The number of halogens is 1. The number of H-pyrrole nitrogens is 1. The number of nitrogen functional groups attached to an aromatic ring is 1. The second-order valence-electron chi connectivity index (χ2n) is 4.71. The number of thioether (sulfide) groups is 1. The normalized spacial score (nSPS) is 13.0. The summed E-state index contributed by atoms with van der Waals surface area (Å²) in [6, 6.07) is 3.55. The summed E-state index contributed by atoms with van der Waals surface area (Å²) >= 11 is 7.85. The van der Waals surface area contributed by atoms with Gasteiger partial charge in [0.15, 0.2) is 16.7 Å². The zero-order chi connectivity index (χ0) is 15.3. The second-order valence-corrected chi connectivity index (χ2v) is 5.89. The Balaban J connectivity index is 2.03. The van der Waals surface area contributed by atoms with Crippen molar-refractivity contribution < 1.29 is 9.47 Å². The highest BCUT2D eigenvalue weighted by atomic mass is 35.5. The standard InChI is InChI=1S/C14H11ClN4O2S/c1-22-14-18-12(11-8(16)4-17-13(11)19-14)6-2-9-10(3-7(6)15)21-5-20-9/h2-4H,5,16H2,1H3,(H,17,18,19). The Morgan fingerprint density at radius 2 is 2.05 bits per heavy atom. The van der Waals surface area contributed by atoms with Gasteiger partial charge in [0.2, 0.25) is 6.79 Å². The van der Waals surface area contributed by atoms with Crippen LogP contribution in [-0.4, -0.2) is 28.0 Å². The van der Waals surface area contributed by atoms with Crippen LogP contribution in [0, 0.1) is 0 Å².